The Balaban J connectivity index is 1.84. The highest BCUT2D eigenvalue weighted by Crippen LogP contribution is 2.35. The standard InChI is InChI=1S/C18H12F3N3O4S2/c19-18(20,21)13-7-12(6-5-11(13)8-22)30(27,28)23-16(25)9-24-14-3-1-2-4-15(14)29-10-17(24)26/h1-7H,9-10H2,(H,23,25). The topological polar surface area (TPSA) is 107 Å². The highest BCUT2D eigenvalue weighted by Gasteiger charge is 2.35. The minimum absolute atomic E-state index is 0.0572. The zero-order valence-electron chi connectivity index (χ0n) is 14.9. The molecule has 0 atom stereocenters. The van der Waals surface area contributed by atoms with Crippen molar-refractivity contribution >= 4 is 39.3 Å². The number of rotatable bonds is 4. The minimum Gasteiger partial charge on any atom is -0.301 e. The number of halogens is 3. The largest absolute Gasteiger partial charge is 0.417 e. The van der Waals surface area contributed by atoms with E-state index in [1.807, 2.05) is 0 Å². The number of hydrogen-bond donors (Lipinski definition) is 1. The van der Waals surface area contributed by atoms with Crippen molar-refractivity contribution in [1.82, 2.24) is 4.72 Å². The number of carbonyl (C=O) groups excluding carboxylic acids is 2. The zero-order valence-corrected chi connectivity index (χ0v) is 16.6. The highest BCUT2D eigenvalue weighted by molar-refractivity contribution is 8.00. The van der Waals surface area contributed by atoms with E-state index in [-0.39, 0.29) is 11.8 Å². The van der Waals surface area contributed by atoms with E-state index in [0.29, 0.717) is 11.8 Å². The van der Waals surface area contributed by atoms with Crippen LogP contribution in [0.15, 0.2) is 52.3 Å². The Labute approximate surface area is 173 Å². The van der Waals surface area contributed by atoms with Crippen LogP contribution in [0.1, 0.15) is 11.1 Å². The number of thioether (sulfide) groups is 1. The SMILES string of the molecule is N#Cc1ccc(S(=O)(=O)NC(=O)CN2C(=O)CSc3ccccc32)cc1C(F)(F)F. The van der Waals surface area contributed by atoms with Crippen LogP contribution >= 0.6 is 11.8 Å². The lowest BCUT2D eigenvalue weighted by molar-refractivity contribution is -0.138. The summed E-state index contributed by atoms with van der Waals surface area (Å²) in [6, 6.07) is 9.86. The Morgan fingerprint density at radius 3 is 2.60 bits per heavy atom. The summed E-state index contributed by atoms with van der Waals surface area (Å²) in [5, 5.41) is 8.80. The lowest BCUT2D eigenvalue weighted by atomic mass is 10.1. The molecule has 0 spiro atoms. The Hall–Kier alpha value is -3.04. The molecule has 0 saturated heterocycles. The van der Waals surface area contributed by atoms with Crippen LogP contribution in [0.3, 0.4) is 0 Å². The molecule has 0 bridgehead atoms. The van der Waals surface area contributed by atoms with Crippen molar-refractivity contribution < 1.29 is 31.2 Å². The van der Waals surface area contributed by atoms with Gasteiger partial charge in [0, 0.05) is 4.90 Å². The second-order valence-electron chi connectivity index (χ2n) is 6.08. The number of benzene rings is 2. The number of alkyl halides is 3. The molecular formula is C18H12F3N3O4S2. The number of carbonyl (C=O) groups is 2. The van der Waals surface area contributed by atoms with Gasteiger partial charge in [-0.25, -0.2) is 13.1 Å². The van der Waals surface area contributed by atoms with Gasteiger partial charge >= 0.3 is 6.18 Å². The molecule has 30 heavy (non-hydrogen) atoms. The van der Waals surface area contributed by atoms with Crippen LogP contribution < -0.4 is 9.62 Å². The second kappa shape index (κ2) is 8.00. The van der Waals surface area contributed by atoms with Gasteiger partial charge in [0.1, 0.15) is 6.54 Å². The highest BCUT2D eigenvalue weighted by atomic mass is 32.2. The van der Waals surface area contributed by atoms with E-state index in [4.69, 9.17) is 5.26 Å². The smallest absolute Gasteiger partial charge is 0.301 e. The molecule has 2 aromatic rings. The molecule has 3 rings (SSSR count). The first-order valence-corrected chi connectivity index (χ1v) is 10.7. The van der Waals surface area contributed by atoms with Crippen molar-refractivity contribution in [1.29, 1.82) is 5.26 Å². The molecule has 1 aliphatic rings. The summed E-state index contributed by atoms with van der Waals surface area (Å²) in [7, 11) is -4.67. The van der Waals surface area contributed by atoms with Gasteiger partial charge in [0.05, 0.1) is 33.5 Å². The van der Waals surface area contributed by atoms with Crippen LogP contribution in [0, 0.1) is 11.3 Å². The summed E-state index contributed by atoms with van der Waals surface area (Å²) in [5.74, 6) is -1.45. The van der Waals surface area contributed by atoms with Crippen LogP contribution in [0.2, 0.25) is 0 Å². The second-order valence-corrected chi connectivity index (χ2v) is 8.78. The third-order valence-corrected chi connectivity index (χ3v) is 6.50. The molecule has 0 aromatic heterocycles. The molecule has 2 aromatic carbocycles. The van der Waals surface area contributed by atoms with Crippen LogP contribution in [0.4, 0.5) is 18.9 Å². The fourth-order valence-corrected chi connectivity index (χ4v) is 4.67. The fraction of sp³-hybridized carbons (Fsp3) is 0.167. The van der Waals surface area contributed by atoms with Crippen LogP contribution in [0.25, 0.3) is 0 Å². The fourth-order valence-electron chi connectivity index (χ4n) is 2.73. The molecule has 0 saturated carbocycles. The summed E-state index contributed by atoms with van der Waals surface area (Å²) >= 11 is 1.27. The number of nitrogens with one attached hydrogen (secondary N) is 1. The number of sulfonamides is 1. The Morgan fingerprint density at radius 1 is 1.23 bits per heavy atom. The molecule has 0 aliphatic carbocycles. The minimum atomic E-state index is -4.96. The molecule has 0 fully saturated rings. The molecule has 0 unspecified atom stereocenters. The third kappa shape index (κ3) is 4.42. The molecule has 0 radical (unpaired) electrons. The van der Waals surface area contributed by atoms with Gasteiger partial charge in [-0.1, -0.05) is 12.1 Å². The predicted molar refractivity (Wildman–Crippen MR) is 101 cm³/mol. The molecular weight excluding hydrogens is 443 g/mol. The number of amides is 2. The first-order valence-electron chi connectivity index (χ1n) is 8.22. The van der Waals surface area contributed by atoms with Crippen LogP contribution in [-0.2, 0) is 25.8 Å². The van der Waals surface area contributed by atoms with Gasteiger partial charge in [-0.15, -0.1) is 11.8 Å². The van der Waals surface area contributed by atoms with Crippen molar-refractivity contribution in [3.63, 3.8) is 0 Å². The number of hydrogen-bond acceptors (Lipinski definition) is 6. The van der Waals surface area contributed by atoms with Crippen molar-refractivity contribution in [3.05, 3.63) is 53.6 Å². The van der Waals surface area contributed by atoms with Crippen LogP contribution in [-0.4, -0.2) is 32.5 Å². The number of nitriles is 1. The van der Waals surface area contributed by atoms with Gasteiger partial charge in [-0.2, -0.15) is 18.4 Å². The predicted octanol–water partition coefficient (Wildman–Crippen LogP) is 2.52. The van der Waals surface area contributed by atoms with Crippen molar-refractivity contribution in [2.45, 2.75) is 16.0 Å². The maximum atomic E-state index is 13.1. The summed E-state index contributed by atoms with van der Waals surface area (Å²) in [5.41, 5.74) is -1.75. The van der Waals surface area contributed by atoms with E-state index in [2.05, 4.69) is 0 Å². The summed E-state index contributed by atoms with van der Waals surface area (Å²) in [4.78, 5) is 25.5. The van der Waals surface area contributed by atoms with E-state index >= 15 is 0 Å². The number of anilines is 1. The summed E-state index contributed by atoms with van der Waals surface area (Å²) in [6.07, 6.45) is -4.96. The maximum absolute atomic E-state index is 13.1. The molecule has 2 amide bonds. The van der Waals surface area contributed by atoms with Crippen LogP contribution in [0.5, 0.6) is 0 Å². The molecule has 1 N–H and O–H groups in total. The van der Waals surface area contributed by atoms with Gasteiger partial charge in [0.15, 0.2) is 0 Å². The van der Waals surface area contributed by atoms with Gasteiger partial charge in [-0.3, -0.25) is 9.59 Å². The normalized spacial score (nSPS) is 14.1. The molecule has 7 nitrogen and oxygen atoms in total. The van der Waals surface area contributed by atoms with E-state index in [0.717, 1.165) is 15.9 Å². The average Bonchev–Trinajstić information content (AvgIpc) is 2.68. The van der Waals surface area contributed by atoms with Crippen molar-refractivity contribution in [3.8, 4) is 6.07 Å². The lowest BCUT2D eigenvalue weighted by Crippen LogP contribution is -2.44. The Kier molecular flexibility index (Phi) is 5.78. The Morgan fingerprint density at radius 2 is 1.93 bits per heavy atom. The lowest BCUT2D eigenvalue weighted by Gasteiger charge is -2.28. The zero-order chi connectivity index (χ0) is 22.1. The van der Waals surface area contributed by atoms with Gasteiger partial charge < -0.3 is 4.90 Å². The monoisotopic (exact) mass is 455 g/mol. The molecule has 1 aliphatic heterocycles. The molecule has 1 heterocycles. The van der Waals surface area contributed by atoms with E-state index in [9.17, 15) is 31.2 Å². The van der Waals surface area contributed by atoms with E-state index in [1.165, 1.54) is 17.8 Å². The van der Waals surface area contributed by atoms with E-state index < -0.39 is 50.6 Å². The Bertz CT molecular complexity index is 1170. The van der Waals surface area contributed by atoms with E-state index in [1.54, 1.807) is 29.0 Å². The number of fused-ring (bicyclic) bond motifs is 1. The summed E-state index contributed by atoms with van der Waals surface area (Å²) in [6.45, 7) is -0.627. The van der Waals surface area contributed by atoms with Crippen molar-refractivity contribution in [2.24, 2.45) is 0 Å². The molecule has 156 valence electrons. The average molecular weight is 455 g/mol. The number of para-hydroxylation sites is 1. The van der Waals surface area contributed by atoms with Gasteiger partial charge in [0.2, 0.25) is 5.91 Å². The first kappa shape index (κ1) is 21.7. The third-order valence-electron chi connectivity index (χ3n) is 4.09. The van der Waals surface area contributed by atoms with Gasteiger partial charge in [-0.05, 0) is 30.3 Å². The summed E-state index contributed by atoms with van der Waals surface area (Å²) < 4.78 is 65.7. The molecule has 12 heteroatoms. The van der Waals surface area contributed by atoms with Gasteiger partial charge in [0.25, 0.3) is 15.9 Å². The maximum Gasteiger partial charge on any atom is 0.417 e. The number of nitrogens with zero attached hydrogens (tertiary/aromatic N) is 2. The quantitative estimate of drug-likeness (QED) is 0.759. The van der Waals surface area contributed by atoms with Crippen molar-refractivity contribution in [2.75, 3.05) is 17.2 Å². The first-order chi connectivity index (χ1) is 14.0.